The van der Waals surface area contributed by atoms with Gasteiger partial charge in [-0.1, -0.05) is 29.8 Å². The minimum atomic E-state index is 0.239. The number of hydrogen-bond donors (Lipinski definition) is 0. The smallest absolute Gasteiger partial charge is 0.237 e. The van der Waals surface area contributed by atoms with Crippen LogP contribution in [0.15, 0.2) is 24.3 Å². The van der Waals surface area contributed by atoms with Crippen LogP contribution in [-0.4, -0.2) is 55.6 Å². The van der Waals surface area contributed by atoms with Gasteiger partial charge in [0.2, 0.25) is 5.91 Å². The lowest BCUT2D eigenvalue weighted by Crippen LogP contribution is -2.40. The Morgan fingerprint density at radius 1 is 1.27 bits per heavy atom. The number of carbonyl (C=O) groups is 1. The molecule has 0 radical (unpaired) electrons. The van der Waals surface area contributed by atoms with Crippen molar-refractivity contribution in [3.63, 3.8) is 0 Å². The summed E-state index contributed by atoms with van der Waals surface area (Å²) in [5.41, 5.74) is 2.47. The van der Waals surface area contributed by atoms with Crippen molar-refractivity contribution in [2.45, 2.75) is 38.8 Å². The molecule has 0 aromatic heterocycles. The first-order valence-electron chi connectivity index (χ1n) is 8.12. The molecule has 4 nitrogen and oxygen atoms in total. The van der Waals surface area contributed by atoms with Gasteiger partial charge in [-0.15, -0.1) is 0 Å². The summed E-state index contributed by atoms with van der Waals surface area (Å²) >= 11 is 0. The maximum Gasteiger partial charge on any atom is 0.237 e. The Morgan fingerprint density at radius 3 is 2.55 bits per heavy atom. The van der Waals surface area contributed by atoms with Crippen molar-refractivity contribution < 1.29 is 9.53 Å². The Kier molecular flexibility index (Phi) is 6.40. The van der Waals surface area contributed by atoms with Gasteiger partial charge in [0.05, 0.1) is 6.54 Å². The minimum absolute atomic E-state index is 0.239. The van der Waals surface area contributed by atoms with Crippen molar-refractivity contribution in [3.8, 4) is 0 Å². The Hall–Kier alpha value is -1.39. The first-order chi connectivity index (χ1) is 10.6. The second-order valence-electron chi connectivity index (χ2n) is 6.32. The number of benzene rings is 1. The third-order valence-corrected chi connectivity index (χ3v) is 4.07. The zero-order valence-electron chi connectivity index (χ0n) is 14.0. The Morgan fingerprint density at radius 2 is 1.95 bits per heavy atom. The molecular formula is C18H28N2O2. The largest absolute Gasteiger partial charge is 0.385 e. The summed E-state index contributed by atoms with van der Waals surface area (Å²) in [7, 11) is 3.71. The number of likely N-dealkylation sites (N-methyl/N-ethyl adjacent to an activating group) is 1. The van der Waals surface area contributed by atoms with Crippen molar-refractivity contribution in [3.05, 3.63) is 35.4 Å². The second-order valence-corrected chi connectivity index (χ2v) is 6.32. The molecule has 1 saturated carbocycles. The summed E-state index contributed by atoms with van der Waals surface area (Å²) in [6.45, 7) is 4.95. The third kappa shape index (κ3) is 5.43. The van der Waals surface area contributed by atoms with Crippen LogP contribution in [-0.2, 0) is 16.1 Å². The zero-order chi connectivity index (χ0) is 15.9. The summed E-state index contributed by atoms with van der Waals surface area (Å²) in [6, 6.07) is 8.92. The predicted molar refractivity (Wildman–Crippen MR) is 88.7 cm³/mol. The molecule has 0 N–H and O–H groups in total. The molecule has 1 aromatic carbocycles. The van der Waals surface area contributed by atoms with E-state index in [2.05, 4.69) is 41.0 Å². The topological polar surface area (TPSA) is 32.8 Å². The van der Waals surface area contributed by atoms with Crippen LogP contribution >= 0.6 is 0 Å². The van der Waals surface area contributed by atoms with Gasteiger partial charge in [0.15, 0.2) is 0 Å². The lowest BCUT2D eigenvalue weighted by molar-refractivity contribution is -0.133. The van der Waals surface area contributed by atoms with Crippen molar-refractivity contribution >= 4 is 5.91 Å². The Bertz CT molecular complexity index is 468. The highest BCUT2D eigenvalue weighted by atomic mass is 16.5. The van der Waals surface area contributed by atoms with E-state index in [0.717, 1.165) is 39.0 Å². The predicted octanol–water partition coefficient (Wildman–Crippen LogP) is 2.45. The van der Waals surface area contributed by atoms with E-state index in [0.29, 0.717) is 12.6 Å². The van der Waals surface area contributed by atoms with Crippen molar-refractivity contribution in [1.29, 1.82) is 0 Å². The first kappa shape index (κ1) is 17.0. The third-order valence-electron chi connectivity index (χ3n) is 4.07. The second kappa shape index (κ2) is 8.30. The first-order valence-corrected chi connectivity index (χ1v) is 8.12. The lowest BCUT2D eigenvalue weighted by Gasteiger charge is -2.25. The quantitative estimate of drug-likeness (QED) is 0.657. The van der Waals surface area contributed by atoms with E-state index < -0.39 is 0 Å². The van der Waals surface area contributed by atoms with Crippen molar-refractivity contribution in [2.24, 2.45) is 0 Å². The highest BCUT2D eigenvalue weighted by molar-refractivity contribution is 5.79. The average Bonchev–Trinajstić information content (AvgIpc) is 3.31. The van der Waals surface area contributed by atoms with Crippen LogP contribution in [0.2, 0.25) is 0 Å². The monoisotopic (exact) mass is 304 g/mol. The molecule has 122 valence electrons. The fourth-order valence-electron chi connectivity index (χ4n) is 2.58. The van der Waals surface area contributed by atoms with Crippen LogP contribution in [0, 0.1) is 6.92 Å². The molecular weight excluding hydrogens is 276 g/mol. The fourth-order valence-corrected chi connectivity index (χ4v) is 2.58. The number of aryl methyl sites for hydroxylation is 1. The van der Waals surface area contributed by atoms with Crippen LogP contribution in [0.25, 0.3) is 0 Å². The van der Waals surface area contributed by atoms with Crippen LogP contribution in [0.1, 0.15) is 30.4 Å². The molecule has 0 aliphatic heterocycles. The number of rotatable bonds is 9. The molecule has 0 heterocycles. The van der Waals surface area contributed by atoms with Crippen LogP contribution in [0.3, 0.4) is 0 Å². The number of ether oxygens (including phenoxy) is 1. The van der Waals surface area contributed by atoms with Crippen LogP contribution < -0.4 is 0 Å². The molecule has 0 bridgehead atoms. The normalized spacial score (nSPS) is 14.4. The molecule has 1 aliphatic rings. The van der Waals surface area contributed by atoms with Gasteiger partial charge in [0.25, 0.3) is 0 Å². The summed E-state index contributed by atoms with van der Waals surface area (Å²) in [4.78, 5) is 16.7. The van der Waals surface area contributed by atoms with Gasteiger partial charge < -0.3 is 9.64 Å². The number of nitrogens with zero attached hydrogens (tertiary/aromatic N) is 2. The van der Waals surface area contributed by atoms with E-state index >= 15 is 0 Å². The zero-order valence-corrected chi connectivity index (χ0v) is 14.0. The molecule has 4 heteroatoms. The molecule has 0 atom stereocenters. The molecule has 1 amide bonds. The highest BCUT2D eigenvalue weighted by Crippen LogP contribution is 2.28. The summed E-state index contributed by atoms with van der Waals surface area (Å²) < 4.78 is 5.06. The molecule has 1 aromatic rings. The van der Waals surface area contributed by atoms with Crippen LogP contribution in [0.4, 0.5) is 0 Å². The summed E-state index contributed by atoms with van der Waals surface area (Å²) in [5.74, 6) is 0.239. The summed E-state index contributed by atoms with van der Waals surface area (Å²) in [6.07, 6.45) is 3.25. The maximum absolute atomic E-state index is 12.6. The Balaban J connectivity index is 1.87. The van der Waals surface area contributed by atoms with Gasteiger partial charge in [-0.3, -0.25) is 9.69 Å². The van der Waals surface area contributed by atoms with E-state index in [4.69, 9.17) is 4.74 Å². The molecule has 0 saturated heterocycles. The number of amides is 1. The molecule has 22 heavy (non-hydrogen) atoms. The number of hydrogen-bond acceptors (Lipinski definition) is 3. The number of methoxy groups -OCH3 is 1. The molecule has 1 aliphatic carbocycles. The van der Waals surface area contributed by atoms with Crippen LogP contribution in [0.5, 0.6) is 0 Å². The highest BCUT2D eigenvalue weighted by Gasteiger charge is 2.32. The van der Waals surface area contributed by atoms with Crippen molar-refractivity contribution in [1.82, 2.24) is 9.80 Å². The van der Waals surface area contributed by atoms with E-state index in [9.17, 15) is 4.79 Å². The van der Waals surface area contributed by atoms with E-state index in [1.54, 1.807) is 7.11 Å². The van der Waals surface area contributed by atoms with Gasteiger partial charge in [-0.05, 0) is 38.8 Å². The SMILES string of the molecule is COCCCN(C)CC(=O)N(Cc1ccc(C)cc1)C1CC1. The molecule has 0 unspecified atom stereocenters. The minimum Gasteiger partial charge on any atom is -0.385 e. The van der Waals surface area contributed by atoms with E-state index in [1.165, 1.54) is 11.1 Å². The van der Waals surface area contributed by atoms with Gasteiger partial charge in [0, 0.05) is 32.8 Å². The fraction of sp³-hybridized carbons (Fsp3) is 0.611. The van der Waals surface area contributed by atoms with Crippen molar-refractivity contribution in [2.75, 3.05) is 33.9 Å². The lowest BCUT2D eigenvalue weighted by atomic mass is 10.1. The maximum atomic E-state index is 12.6. The standard InChI is InChI=1S/C18H28N2O2/c1-15-5-7-16(8-6-15)13-20(17-9-10-17)18(21)14-19(2)11-4-12-22-3/h5-8,17H,4,9-14H2,1-3H3. The van der Waals surface area contributed by atoms with E-state index in [1.807, 2.05) is 7.05 Å². The molecule has 2 rings (SSSR count). The molecule has 0 spiro atoms. The molecule has 1 fully saturated rings. The Labute approximate surface area is 134 Å². The van der Waals surface area contributed by atoms with E-state index in [-0.39, 0.29) is 5.91 Å². The van der Waals surface area contributed by atoms with Gasteiger partial charge in [-0.25, -0.2) is 0 Å². The van der Waals surface area contributed by atoms with Gasteiger partial charge >= 0.3 is 0 Å². The average molecular weight is 304 g/mol. The number of carbonyl (C=O) groups excluding carboxylic acids is 1. The van der Waals surface area contributed by atoms with Gasteiger partial charge in [-0.2, -0.15) is 0 Å². The van der Waals surface area contributed by atoms with Gasteiger partial charge in [0.1, 0.15) is 0 Å². The summed E-state index contributed by atoms with van der Waals surface area (Å²) in [5, 5.41) is 0.